The van der Waals surface area contributed by atoms with E-state index in [1.165, 1.54) is 11.1 Å². The third-order valence-electron chi connectivity index (χ3n) is 6.74. The molecule has 3 aromatic rings. The first-order chi connectivity index (χ1) is 16.2. The van der Waals surface area contributed by atoms with E-state index in [1.54, 1.807) is 0 Å². The number of hydrogen-bond acceptors (Lipinski definition) is 3. The van der Waals surface area contributed by atoms with Gasteiger partial charge in [0.25, 0.3) is 11.8 Å². The fourth-order valence-corrected chi connectivity index (χ4v) is 4.68. The zero-order valence-corrected chi connectivity index (χ0v) is 18.8. The van der Waals surface area contributed by atoms with Crippen LogP contribution in [0.3, 0.4) is 0 Å². The van der Waals surface area contributed by atoms with Crippen molar-refractivity contribution < 1.29 is 9.59 Å². The van der Waals surface area contributed by atoms with Gasteiger partial charge < -0.3 is 9.80 Å². The summed E-state index contributed by atoms with van der Waals surface area (Å²) < 4.78 is 0. The van der Waals surface area contributed by atoms with Crippen molar-refractivity contribution in [2.45, 2.75) is 12.5 Å². The molecule has 2 saturated heterocycles. The SMILES string of the molecule is O=C(c1ccccc1)N1CCN(C2CN(C(=O)c3ccc(Cc4ccccc4)cc3)C2)CC1. The van der Waals surface area contributed by atoms with Crippen LogP contribution in [0.1, 0.15) is 31.8 Å². The van der Waals surface area contributed by atoms with E-state index in [2.05, 4.69) is 41.3 Å². The van der Waals surface area contributed by atoms with Crippen LogP contribution in [0.5, 0.6) is 0 Å². The minimum Gasteiger partial charge on any atom is -0.336 e. The van der Waals surface area contributed by atoms with Gasteiger partial charge in [-0.1, -0.05) is 60.7 Å². The molecular formula is C28H29N3O2. The summed E-state index contributed by atoms with van der Waals surface area (Å²) in [5.74, 6) is 0.215. The monoisotopic (exact) mass is 439 g/mol. The molecule has 0 aromatic heterocycles. The first kappa shape index (κ1) is 21.4. The fraction of sp³-hybridized carbons (Fsp3) is 0.286. The molecule has 3 aromatic carbocycles. The number of carbonyl (C=O) groups is 2. The Morgan fingerprint density at radius 2 is 1.12 bits per heavy atom. The number of piperazine rings is 1. The highest BCUT2D eigenvalue weighted by molar-refractivity contribution is 5.95. The van der Waals surface area contributed by atoms with Crippen molar-refractivity contribution in [3.05, 3.63) is 107 Å². The summed E-state index contributed by atoms with van der Waals surface area (Å²) in [5, 5.41) is 0. The van der Waals surface area contributed by atoms with Gasteiger partial charge in [0.05, 0.1) is 0 Å². The van der Waals surface area contributed by atoms with Gasteiger partial charge in [0.15, 0.2) is 0 Å². The van der Waals surface area contributed by atoms with E-state index in [-0.39, 0.29) is 11.8 Å². The Morgan fingerprint density at radius 3 is 1.76 bits per heavy atom. The summed E-state index contributed by atoms with van der Waals surface area (Å²) in [6, 6.07) is 28.2. The molecule has 33 heavy (non-hydrogen) atoms. The van der Waals surface area contributed by atoms with Gasteiger partial charge in [-0.2, -0.15) is 0 Å². The van der Waals surface area contributed by atoms with Crippen LogP contribution >= 0.6 is 0 Å². The van der Waals surface area contributed by atoms with Gasteiger partial charge in [-0.25, -0.2) is 0 Å². The third-order valence-corrected chi connectivity index (χ3v) is 6.74. The van der Waals surface area contributed by atoms with Crippen LogP contribution in [0, 0.1) is 0 Å². The number of benzene rings is 3. The lowest BCUT2D eigenvalue weighted by Gasteiger charge is -2.48. The minimum atomic E-state index is 0.107. The van der Waals surface area contributed by atoms with Crippen molar-refractivity contribution in [3.8, 4) is 0 Å². The van der Waals surface area contributed by atoms with E-state index in [0.29, 0.717) is 6.04 Å². The van der Waals surface area contributed by atoms with Gasteiger partial charge in [0.1, 0.15) is 0 Å². The predicted octanol–water partition coefficient (Wildman–Crippen LogP) is 3.56. The first-order valence-electron chi connectivity index (χ1n) is 11.7. The number of rotatable bonds is 5. The Hall–Kier alpha value is -3.44. The average Bonchev–Trinajstić information content (AvgIpc) is 2.85. The molecule has 5 nitrogen and oxygen atoms in total. The summed E-state index contributed by atoms with van der Waals surface area (Å²) >= 11 is 0. The fourth-order valence-electron chi connectivity index (χ4n) is 4.68. The standard InChI is InChI=1S/C28H29N3O2/c32-27(24-9-5-2-6-10-24)30-17-15-29(16-18-30)26-20-31(21-26)28(33)25-13-11-23(12-14-25)19-22-7-3-1-4-8-22/h1-14,26H,15-21H2. The van der Waals surface area contributed by atoms with Crippen LogP contribution in [-0.2, 0) is 6.42 Å². The van der Waals surface area contributed by atoms with Crippen LogP contribution in [-0.4, -0.2) is 71.8 Å². The van der Waals surface area contributed by atoms with E-state index in [4.69, 9.17) is 0 Å². The molecule has 2 fully saturated rings. The lowest BCUT2D eigenvalue weighted by molar-refractivity contribution is 0.00854. The topological polar surface area (TPSA) is 43.9 Å². The maximum absolute atomic E-state index is 12.9. The van der Waals surface area contributed by atoms with Gasteiger partial charge in [0.2, 0.25) is 0 Å². The Kier molecular flexibility index (Phi) is 6.22. The minimum absolute atomic E-state index is 0.107. The molecule has 0 unspecified atom stereocenters. The number of hydrogen-bond donors (Lipinski definition) is 0. The lowest BCUT2D eigenvalue weighted by atomic mass is 10.0. The van der Waals surface area contributed by atoms with Gasteiger partial charge in [-0.15, -0.1) is 0 Å². The molecule has 168 valence electrons. The second-order valence-electron chi connectivity index (χ2n) is 8.92. The third kappa shape index (κ3) is 4.83. The molecule has 2 heterocycles. The molecule has 0 atom stereocenters. The molecule has 0 spiro atoms. The number of likely N-dealkylation sites (tertiary alicyclic amines) is 1. The molecule has 0 aliphatic carbocycles. The van der Waals surface area contributed by atoms with Crippen molar-refractivity contribution >= 4 is 11.8 Å². The lowest BCUT2D eigenvalue weighted by Crippen LogP contribution is -2.64. The molecule has 2 aliphatic rings. The van der Waals surface area contributed by atoms with Crippen molar-refractivity contribution in [2.75, 3.05) is 39.3 Å². The Bertz CT molecular complexity index is 1090. The molecule has 2 amide bonds. The van der Waals surface area contributed by atoms with Gasteiger partial charge in [-0.3, -0.25) is 14.5 Å². The molecule has 0 radical (unpaired) electrons. The largest absolute Gasteiger partial charge is 0.336 e. The molecule has 0 saturated carbocycles. The Labute approximate surface area is 195 Å². The van der Waals surface area contributed by atoms with Crippen molar-refractivity contribution in [3.63, 3.8) is 0 Å². The Balaban J connectivity index is 1.09. The maximum atomic E-state index is 12.9. The number of carbonyl (C=O) groups excluding carboxylic acids is 2. The molecule has 0 bridgehead atoms. The van der Waals surface area contributed by atoms with E-state index in [9.17, 15) is 9.59 Å². The van der Waals surface area contributed by atoms with Gasteiger partial charge in [0, 0.05) is 56.4 Å². The predicted molar refractivity (Wildman–Crippen MR) is 129 cm³/mol. The highest BCUT2D eigenvalue weighted by atomic mass is 16.2. The second-order valence-corrected chi connectivity index (χ2v) is 8.92. The molecule has 5 heteroatoms. The summed E-state index contributed by atoms with van der Waals surface area (Å²) in [6.45, 7) is 4.72. The van der Waals surface area contributed by atoms with Crippen LogP contribution in [0.2, 0.25) is 0 Å². The summed E-state index contributed by atoms with van der Waals surface area (Å²) in [5.41, 5.74) is 3.99. The molecule has 5 rings (SSSR count). The van der Waals surface area contributed by atoms with E-state index in [1.807, 2.05) is 58.3 Å². The Morgan fingerprint density at radius 1 is 0.606 bits per heavy atom. The number of amides is 2. The van der Waals surface area contributed by atoms with E-state index < -0.39 is 0 Å². The van der Waals surface area contributed by atoms with Crippen LogP contribution in [0.4, 0.5) is 0 Å². The van der Waals surface area contributed by atoms with Gasteiger partial charge in [-0.05, 0) is 41.8 Å². The maximum Gasteiger partial charge on any atom is 0.253 e. The smallest absolute Gasteiger partial charge is 0.253 e. The summed E-state index contributed by atoms with van der Waals surface area (Å²) in [7, 11) is 0. The van der Waals surface area contributed by atoms with Crippen LogP contribution in [0.15, 0.2) is 84.9 Å². The van der Waals surface area contributed by atoms with E-state index in [0.717, 1.165) is 56.8 Å². The molecular weight excluding hydrogens is 410 g/mol. The van der Waals surface area contributed by atoms with E-state index >= 15 is 0 Å². The van der Waals surface area contributed by atoms with Gasteiger partial charge >= 0.3 is 0 Å². The number of nitrogens with zero attached hydrogens (tertiary/aromatic N) is 3. The highest BCUT2D eigenvalue weighted by Gasteiger charge is 2.36. The molecule has 0 N–H and O–H groups in total. The van der Waals surface area contributed by atoms with Crippen molar-refractivity contribution in [2.24, 2.45) is 0 Å². The van der Waals surface area contributed by atoms with Crippen LogP contribution < -0.4 is 0 Å². The second kappa shape index (κ2) is 9.59. The molecule has 2 aliphatic heterocycles. The van der Waals surface area contributed by atoms with Crippen molar-refractivity contribution in [1.29, 1.82) is 0 Å². The zero-order chi connectivity index (χ0) is 22.6. The first-order valence-corrected chi connectivity index (χ1v) is 11.7. The van der Waals surface area contributed by atoms with Crippen LogP contribution in [0.25, 0.3) is 0 Å². The normalized spacial score (nSPS) is 17.0. The average molecular weight is 440 g/mol. The quantitative estimate of drug-likeness (QED) is 0.611. The highest BCUT2D eigenvalue weighted by Crippen LogP contribution is 2.21. The summed E-state index contributed by atoms with van der Waals surface area (Å²) in [6.07, 6.45) is 0.875. The van der Waals surface area contributed by atoms with Crippen molar-refractivity contribution in [1.82, 2.24) is 14.7 Å². The zero-order valence-electron chi connectivity index (χ0n) is 18.8. The summed E-state index contributed by atoms with van der Waals surface area (Å²) in [4.78, 5) is 31.8.